The molecule has 88 valence electrons. The zero-order valence-corrected chi connectivity index (χ0v) is 11.0. The minimum absolute atomic E-state index is 0.182. The van der Waals surface area contributed by atoms with Gasteiger partial charge in [-0.15, -0.1) is 0 Å². The Balaban J connectivity index is 2.51. The number of halogens is 3. The van der Waals surface area contributed by atoms with Crippen molar-refractivity contribution in [3.05, 3.63) is 33.8 Å². The predicted molar refractivity (Wildman–Crippen MR) is 64.5 cm³/mol. The predicted octanol–water partition coefficient (Wildman–Crippen LogP) is 3.44. The SMILES string of the molecule is CC1CC(O)(c2c(F)ccc(Br)c2F)CS1. The summed E-state index contributed by atoms with van der Waals surface area (Å²) < 4.78 is 27.6. The van der Waals surface area contributed by atoms with Gasteiger partial charge in [0.1, 0.15) is 17.2 Å². The van der Waals surface area contributed by atoms with Crippen LogP contribution in [0.5, 0.6) is 0 Å². The molecule has 1 saturated heterocycles. The molecule has 0 amide bonds. The zero-order valence-electron chi connectivity index (χ0n) is 8.64. The number of hydrogen-bond donors (Lipinski definition) is 1. The average molecular weight is 309 g/mol. The highest BCUT2D eigenvalue weighted by molar-refractivity contribution is 9.10. The molecule has 2 unspecified atom stereocenters. The largest absolute Gasteiger partial charge is 0.384 e. The van der Waals surface area contributed by atoms with E-state index in [4.69, 9.17) is 0 Å². The first-order valence-corrected chi connectivity index (χ1v) is 6.76. The summed E-state index contributed by atoms with van der Waals surface area (Å²) in [4.78, 5) is 0. The molecule has 2 rings (SSSR count). The molecule has 0 aliphatic carbocycles. The fraction of sp³-hybridized carbons (Fsp3) is 0.455. The summed E-state index contributed by atoms with van der Waals surface area (Å²) in [7, 11) is 0. The van der Waals surface area contributed by atoms with E-state index < -0.39 is 17.2 Å². The third-order valence-corrected chi connectivity index (χ3v) is 4.73. The molecule has 0 bridgehead atoms. The van der Waals surface area contributed by atoms with Crippen LogP contribution in [0.4, 0.5) is 8.78 Å². The lowest BCUT2D eigenvalue weighted by Crippen LogP contribution is -2.28. The highest BCUT2D eigenvalue weighted by Gasteiger charge is 2.42. The van der Waals surface area contributed by atoms with Gasteiger partial charge in [0.05, 0.1) is 10.0 Å². The van der Waals surface area contributed by atoms with Crippen molar-refractivity contribution in [3.63, 3.8) is 0 Å². The van der Waals surface area contributed by atoms with Crippen molar-refractivity contribution in [1.29, 1.82) is 0 Å². The first kappa shape index (κ1) is 12.3. The second-order valence-electron chi connectivity index (χ2n) is 4.08. The summed E-state index contributed by atoms with van der Waals surface area (Å²) in [6, 6.07) is 2.48. The molecule has 0 aromatic heterocycles. The van der Waals surface area contributed by atoms with Gasteiger partial charge in [-0.2, -0.15) is 11.8 Å². The van der Waals surface area contributed by atoms with Gasteiger partial charge < -0.3 is 5.11 Å². The van der Waals surface area contributed by atoms with E-state index in [0.29, 0.717) is 12.2 Å². The summed E-state index contributed by atoms with van der Waals surface area (Å²) in [6.45, 7) is 1.94. The van der Waals surface area contributed by atoms with Crippen LogP contribution >= 0.6 is 27.7 Å². The van der Waals surface area contributed by atoms with Crippen LogP contribution in [0.15, 0.2) is 16.6 Å². The van der Waals surface area contributed by atoms with Gasteiger partial charge in [-0.3, -0.25) is 0 Å². The third-order valence-electron chi connectivity index (χ3n) is 2.74. The van der Waals surface area contributed by atoms with Gasteiger partial charge >= 0.3 is 0 Å². The molecule has 1 aromatic carbocycles. The monoisotopic (exact) mass is 308 g/mol. The van der Waals surface area contributed by atoms with Gasteiger partial charge in [-0.05, 0) is 34.5 Å². The molecule has 1 aliphatic heterocycles. The van der Waals surface area contributed by atoms with E-state index in [0.717, 1.165) is 0 Å². The van der Waals surface area contributed by atoms with Crippen LogP contribution < -0.4 is 0 Å². The molecule has 1 aromatic rings. The molecular weight excluding hydrogens is 298 g/mol. The zero-order chi connectivity index (χ0) is 11.9. The number of benzene rings is 1. The van der Waals surface area contributed by atoms with Crippen LogP contribution in [0.2, 0.25) is 0 Å². The molecule has 1 aliphatic rings. The molecule has 1 nitrogen and oxygen atoms in total. The quantitative estimate of drug-likeness (QED) is 0.802. The van der Waals surface area contributed by atoms with Crippen molar-refractivity contribution < 1.29 is 13.9 Å². The van der Waals surface area contributed by atoms with Gasteiger partial charge in [0.25, 0.3) is 0 Å². The fourth-order valence-electron chi connectivity index (χ4n) is 2.00. The van der Waals surface area contributed by atoms with Crippen molar-refractivity contribution in [2.75, 3.05) is 5.75 Å². The summed E-state index contributed by atoms with van der Waals surface area (Å²) in [5.74, 6) is -1.05. The molecule has 1 fully saturated rings. The maximum Gasteiger partial charge on any atom is 0.146 e. The minimum atomic E-state index is -1.39. The summed E-state index contributed by atoms with van der Waals surface area (Å²) in [5.41, 5.74) is -1.60. The van der Waals surface area contributed by atoms with E-state index in [1.165, 1.54) is 23.9 Å². The second-order valence-corrected chi connectivity index (χ2v) is 6.36. The Kier molecular flexibility index (Phi) is 3.29. The Morgan fingerprint density at radius 3 is 2.75 bits per heavy atom. The Morgan fingerprint density at radius 1 is 1.50 bits per heavy atom. The minimum Gasteiger partial charge on any atom is -0.384 e. The maximum absolute atomic E-state index is 13.8. The van der Waals surface area contributed by atoms with E-state index in [1.54, 1.807) is 0 Å². The molecule has 0 radical (unpaired) electrons. The van der Waals surface area contributed by atoms with Crippen molar-refractivity contribution >= 4 is 27.7 Å². The van der Waals surface area contributed by atoms with Gasteiger partial charge in [0, 0.05) is 11.0 Å². The van der Waals surface area contributed by atoms with Crippen LogP contribution in [-0.2, 0) is 5.60 Å². The van der Waals surface area contributed by atoms with E-state index >= 15 is 0 Å². The normalized spacial score (nSPS) is 29.7. The van der Waals surface area contributed by atoms with Crippen LogP contribution in [-0.4, -0.2) is 16.1 Å². The van der Waals surface area contributed by atoms with Crippen molar-refractivity contribution in [2.45, 2.75) is 24.2 Å². The van der Waals surface area contributed by atoms with Gasteiger partial charge in [0.2, 0.25) is 0 Å². The molecule has 0 saturated carbocycles. The first-order chi connectivity index (χ1) is 7.44. The van der Waals surface area contributed by atoms with Crippen molar-refractivity contribution in [1.82, 2.24) is 0 Å². The standard InChI is InChI=1S/C11H11BrF2OS/c1-6-4-11(15,5-16-6)9-8(13)3-2-7(12)10(9)14/h2-3,6,15H,4-5H2,1H3. The highest BCUT2D eigenvalue weighted by Crippen LogP contribution is 2.44. The molecule has 1 N–H and O–H groups in total. The number of thioether (sulfide) groups is 1. The maximum atomic E-state index is 13.8. The van der Waals surface area contributed by atoms with E-state index in [9.17, 15) is 13.9 Å². The molecule has 1 heterocycles. The first-order valence-electron chi connectivity index (χ1n) is 4.92. The molecule has 0 spiro atoms. The average Bonchev–Trinajstić information content (AvgIpc) is 2.54. The molecule has 5 heteroatoms. The fourth-order valence-corrected chi connectivity index (χ4v) is 3.55. The smallest absolute Gasteiger partial charge is 0.146 e. The van der Waals surface area contributed by atoms with Gasteiger partial charge in [-0.1, -0.05) is 6.92 Å². The van der Waals surface area contributed by atoms with E-state index in [2.05, 4.69) is 15.9 Å². The molecular formula is C11H11BrF2OS. The summed E-state index contributed by atoms with van der Waals surface area (Å²) in [5, 5.41) is 10.5. The Bertz CT molecular complexity index is 427. The molecule has 16 heavy (non-hydrogen) atoms. The topological polar surface area (TPSA) is 20.2 Å². The Hall–Kier alpha value is -0.130. The number of hydrogen-bond acceptors (Lipinski definition) is 2. The summed E-state index contributed by atoms with van der Waals surface area (Å²) in [6.07, 6.45) is 0.377. The van der Waals surface area contributed by atoms with Gasteiger partial charge in [-0.25, -0.2) is 8.78 Å². The van der Waals surface area contributed by atoms with E-state index in [-0.39, 0.29) is 15.3 Å². The lowest BCUT2D eigenvalue weighted by Gasteiger charge is -2.23. The van der Waals surface area contributed by atoms with Crippen LogP contribution in [0.3, 0.4) is 0 Å². The molecule has 2 atom stereocenters. The van der Waals surface area contributed by atoms with Crippen LogP contribution in [0.1, 0.15) is 18.9 Å². The lowest BCUT2D eigenvalue weighted by atomic mass is 9.90. The number of rotatable bonds is 1. The van der Waals surface area contributed by atoms with E-state index in [1.807, 2.05) is 6.92 Å². The van der Waals surface area contributed by atoms with Crippen molar-refractivity contribution in [3.8, 4) is 0 Å². The van der Waals surface area contributed by atoms with Crippen LogP contribution in [0.25, 0.3) is 0 Å². The second kappa shape index (κ2) is 4.27. The van der Waals surface area contributed by atoms with Crippen molar-refractivity contribution in [2.24, 2.45) is 0 Å². The Labute approximate surface area is 105 Å². The Morgan fingerprint density at radius 2 is 2.19 bits per heavy atom. The van der Waals surface area contributed by atoms with Crippen LogP contribution in [0, 0.1) is 11.6 Å². The lowest BCUT2D eigenvalue weighted by molar-refractivity contribution is 0.0532. The highest BCUT2D eigenvalue weighted by atomic mass is 79.9. The number of aliphatic hydroxyl groups is 1. The third kappa shape index (κ3) is 2.00. The summed E-state index contributed by atoms with van der Waals surface area (Å²) >= 11 is 4.53. The van der Waals surface area contributed by atoms with Gasteiger partial charge in [0.15, 0.2) is 0 Å².